The number of nitrogen functional groups attached to an aromatic ring is 1. The van der Waals surface area contributed by atoms with E-state index >= 15 is 0 Å². The van der Waals surface area contributed by atoms with Gasteiger partial charge in [-0.1, -0.05) is 17.7 Å². The summed E-state index contributed by atoms with van der Waals surface area (Å²) in [6.45, 7) is 4.06. The second-order valence-corrected chi connectivity index (χ2v) is 4.76. The minimum atomic E-state index is -0.344. The van der Waals surface area contributed by atoms with Gasteiger partial charge in [-0.3, -0.25) is 4.79 Å². The monoisotopic (exact) mass is 305 g/mol. The van der Waals surface area contributed by atoms with Crippen LogP contribution in [0.15, 0.2) is 30.3 Å². The summed E-state index contributed by atoms with van der Waals surface area (Å²) in [5.74, 6) is 0.110. The number of hydrogen-bond donors (Lipinski definition) is 2. The first-order valence-corrected chi connectivity index (χ1v) is 6.86. The Balaban J connectivity index is 2.32. The quantitative estimate of drug-likeness (QED) is 0.671. The van der Waals surface area contributed by atoms with Crippen molar-refractivity contribution in [2.24, 2.45) is 0 Å². The van der Waals surface area contributed by atoms with Crippen molar-refractivity contribution in [3.05, 3.63) is 46.7 Å². The van der Waals surface area contributed by atoms with Gasteiger partial charge in [0.2, 0.25) is 0 Å². The van der Waals surface area contributed by atoms with Crippen LogP contribution >= 0.6 is 11.6 Å². The molecule has 5 nitrogen and oxygen atoms in total. The lowest BCUT2D eigenvalue weighted by Gasteiger charge is -2.13. The molecule has 21 heavy (non-hydrogen) atoms. The highest BCUT2D eigenvalue weighted by Crippen LogP contribution is 2.26. The fourth-order valence-corrected chi connectivity index (χ4v) is 2.10. The van der Waals surface area contributed by atoms with Gasteiger partial charge in [0, 0.05) is 5.69 Å². The topological polar surface area (TPSA) is 77.2 Å². The van der Waals surface area contributed by atoms with Gasteiger partial charge in [-0.25, -0.2) is 4.98 Å². The van der Waals surface area contributed by atoms with Crippen molar-refractivity contribution in [2.45, 2.75) is 13.8 Å². The molecule has 0 radical (unpaired) electrons. The average molecular weight is 306 g/mol. The van der Waals surface area contributed by atoms with E-state index in [2.05, 4.69) is 10.3 Å². The zero-order valence-corrected chi connectivity index (χ0v) is 12.6. The summed E-state index contributed by atoms with van der Waals surface area (Å²) >= 11 is 5.80. The number of ether oxygens (including phenoxy) is 1. The Morgan fingerprint density at radius 1 is 1.38 bits per heavy atom. The van der Waals surface area contributed by atoms with Crippen LogP contribution in [0.4, 0.5) is 11.4 Å². The number of amides is 1. The molecule has 0 bridgehead atoms. The summed E-state index contributed by atoms with van der Waals surface area (Å²) in [6.07, 6.45) is 0. The van der Waals surface area contributed by atoms with Crippen LogP contribution in [0.1, 0.15) is 23.0 Å². The van der Waals surface area contributed by atoms with Gasteiger partial charge in [0.15, 0.2) is 0 Å². The first kappa shape index (κ1) is 15.1. The number of aromatic nitrogens is 1. The molecule has 0 aliphatic rings. The van der Waals surface area contributed by atoms with Crippen LogP contribution in [0.3, 0.4) is 0 Å². The normalized spacial score (nSPS) is 10.2. The van der Waals surface area contributed by atoms with Crippen LogP contribution in [-0.4, -0.2) is 17.5 Å². The summed E-state index contributed by atoms with van der Waals surface area (Å²) in [4.78, 5) is 16.5. The maximum atomic E-state index is 12.4. The van der Waals surface area contributed by atoms with Gasteiger partial charge in [0.1, 0.15) is 16.5 Å². The Bertz CT molecular complexity index is 674. The van der Waals surface area contributed by atoms with Crippen LogP contribution in [0.2, 0.25) is 5.15 Å². The molecule has 0 fully saturated rings. The van der Waals surface area contributed by atoms with E-state index in [-0.39, 0.29) is 5.91 Å². The molecule has 0 atom stereocenters. The third kappa shape index (κ3) is 3.44. The van der Waals surface area contributed by atoms with Gasteiger partial charge in [-0.2, -0.15) is 0 Å². The summed E-state index contributed by atoms with van der Waals surface area (Å²) < 4.78 is 5.45. The van der Waals surface area contributed by atoms with Crippen LogP contribution in [0.25, 0.3) is 0 Å². The number of nitrogens with one attached hydrogen (secondary N) is 1. The van der Waals surface area contributed by atoms with Crippen molar-refractivity contribution in [3.63, 3.8) is 0 Å². The molecule has 0 saturated heterocycles. The highest BCUT2D eigenvalue weighted by molar-refractivity contribution is 6.29. The van der Waals surface area contributed by atoms with Gasteiger partial charge in [0.25, 0.3) is 5.91 Å². The molecule has 2 rings (SSSR count). The first-order valence-electron chi connectivity index (χ1n) is 6.48. The van der Waals surface area contributed by atoms with Crippen molar-refractivity contribution >= 4 is 28.9 Å². The Kier molecular flexibility index (Phi) is 4.65. The molecule has 110 valence electrons. The Labute approximate surface area is 128 Å². The van der Waals surface area contributed by atoms with Gasteiger partial charge in [-0.05, 0) is 38.1 Å². The fourth-order valence-electron chi connectivity index (χ4n) is 1.91. The fraction of sp³-hybridized carbons (Fsp3) is 0.200. The number of rotatable bonds is 4. The van der Waals surface area contributed by atoms with E-state index in [1.54, 1.807) is 37.3 Å². The molecule has 0 aliphatic carbocycles. The van der Waals surface area contributed by atoms with Crippen molar-refractivity contribution in [2.75, 3.05) is 17.7 Å². The number of pyridine rings is 1. The number of aryl methyl sites for hydroxylation is 1. The molecule has 0 spiro atoms. The van der Waals surface area contributed by atoms with Gasteiger partial charge in [0.05, 0.1) is 18.0 Å². The standard InChI is InChI=1S/C15H16ClN3O2/c1-3-21-12-6-4-5-10(17)14(12)15(20)19-11-7-8-13(16)18-9(11)2/h4-8H,3,17H2,1-2H3,(H,19,20). The molecule has 0 saturated carbocycles. The van der Waals surface area contributed by atoms with E-state index < -0.39 is 0 Å². The first-order chi connectivity index (χ1) is 10.0. The number of hydrogen-bond acceptors (Lipinski definition) is 4. The molecule has 1 heterocycles. The smallest absolute Gasteiger partial charge is 0.261 e. The van der Waals surface area contributed by atoms with Crippen molar-refractivity contribution in [3.8, 4) is 5.75 Å². The van der Waals surface area contributed by atoms with E-state index in [1.807, 2.05) is 6.92 Å². The molecule has 6 heteroatoms. The van der Waals surface area contributed by atoms with Gasteiger partial charge >= 0.3 is 0 Å². The molecule has 1 amide bonds. The van der Waals surface area contributed by atoms with E-state index in [0.29, 0.717) is 40.1 Å². The molecular formula is C15H16ClN3O2. The Morgan fingerprint density at radius 3 is 2.81 bits per heavy atom. The Morgan fingerprint density at radius 2 is 2.14 bits per heavy atom. The molecular weight excluding hydrogens is 290 g/mol. The van der Waals surface area contributed by atoms with Crippen LogP contribution in [-0.2, 0) is 0 Å². The van der Waals surface area contributed by atoms with Crippen LogP contribution < -0.4 is 15.8 Å². The zero-order valence-electron chi connectivity index (χ0n) is 11.8. The number of halogens is 1. The lowest BCUT2D eigenvalue weighted by Crippen LogP contribution is -2.16. The van der Waals surface area contributed by atoms with Crippen LogP contribution in [0, 0.1) is 6.92 Å². The summed E-state index contributed by atoms with van der Waals surface area (Å²) in [5.41, 5.74) is 7.77. The molecule has 3 N–H and O–H groups in total. The van der Waals surface area contributed by atoms with Crippen molar-refractivity contribution in [1.29, 1.82) is 0 Å². The minimum absolute atomic E-state index is 0.314. The maximum Gasteiger partial charge on any atom is 0.261 e. The number of carbonyl (C=O) groups is 1. The predicted molar refractivity (Wildman–Crippen MR) is 84.0 cm³/mol. The van der Waals surface area contributed by atoms with Gasteiger partial charge < -0.3 is 15.8 Å². The number of anilines is 2. The molecule has 1 aromatic carbocycles. The second-order valence-electron chi connectivity index (χ2n) is 4.37. The van der Waals surface area contributed by atoms with E-state index in [0.717, 1.165) is 0 Å². The maximum absolute atomic E-state index is 12.4. The zero-order chi connectivity index (χ0) is 15.4. The lowest BCUT2D eigenvalue weighted by atomic mass is 10.1. The minimum Gasteiger partial charge on any atom is -0.493 e. The Hall–Kier alpha value is -2.27. The third-order valence-electron chi connectivity index (χ3n) is 2.89. The van der Waals surface area contributed by atoms with E-state index in [4.69, 9.17) is 22.1 Å². The number of benzene rings is 1. The van der Waals surface area contributed by atoms with E-state index in [9.17, 15) is 4.79 Å². The van der Waals surface area contributed by atoms with E-state index in [1.165, 1.54) is 0 Å². The van der Waals surface area contributed by atoms with Crippen molar-refractivity contribution in [1.82, 2.24) is 4.98 Å². The highest BCUT2D eigenvalue weighted by Gasteiger charge is 2.17. The molecule has 2 aromatic rings. The van der Waals surface area contributed by atoms with Crippen LogP contribution in [0.5, 0.6) is 5.75 Å². The summed E-state index contributed by atoms with van der Waals surface area (Å²) in [7, 11) is 0. The molecule has 1 aromatic heterocycles. The average Bonchev–Trinajstić information content (AvgIpc) is 2.42. The molecule has 0 unspecified atom stereocenters. The third-order valence-corrected chi connectivity index (χ3v) is 3.10. The number of carbonyl (C=O) groups excluding carboxylic acids is 1. The SMILES string of the molecule is CCOc1cccc(N)c1C(=O)Nc1ccc(Cl)nc1C. The summed E-state index contributed by atoms with van der Waals surface area (Å²) in [6, 6.07) is 8.42. The summed E-state index contributed by atoms with van der Waals surface area (Å²) in [5, 5.41) is 3.15. The highest BCUT2D eigenvalue weighted by atomic mass is 35.5. The van der Waals surface area contributed by atoms with Gasteiger partial charge in [-0.15, -0.1) is 0 Å². The number of nitrogens with two attached hydrogens (primary N) is 1. The number of nitrogens with zero attached hydrogens (tertiary/aromatic N) is 1. The van der Waals surface area contributed by atoms with Crippen molar-refractivity contribution < 1.29 is 9.53 Å². The largest absolute Gasteiger partial charge is 0.493 e. The lowest BCUT2D eigenvalue weighted by molar-refractivity contribution is 0.102. The predicted octanol–water partition coefficient (Wildman–Crippen LogP) is 3.28. The molecule has 0 aliphatic heterocycles. The second kappa shape index (κ2) is 6.45.